The molecule has 0 aromatic carbocycles. The lowest BCUT2D eigenvalue weighted by Gasteiger charge is -2.25. The number of carbonyl (C=O) groups is 1. The zero-order chi connectivity index (χ0) is 14.6. The molecule has 1 saturated heterocycles. The Balaban J connectivity index is 1.93. The van der Waals surface area contributed by atoms with Crippen LogP contribution in [-0.4, -0.2) is 72.3 Å². The van der Waals surface area contributed by atoms with Gasteiger partial charge in [-0.3, -0.25) is 5.10 Å². The summed E-state index contributed by atoms with van der Waals surface area (Å²) in [4.78, 5) is 13.1. The summed E-state index contributed by atoms with van der Waals surface area (Å²) in [6.45, 7) is 2.73. The second-order valence-corrected chi connectivity index (χ2v) is 7.20. The maximum Gasteiger partial charge on any atom is 0.340 e. The number of aromatic carboxylic acids is 1. The van der Waals surface area contributed by atoms with Crippen molar-refractivity contribution in [1.82, 2.24) is 19.8 Å². The molecule has 1 aromatic rings. The first-order chi connectivity index (χ1) is 9.50. The molecule has 112 valence electrons. The number of aromatic nitrogens is 2. The van der Waals surface area contributed by atoms with E-state index in [-0.39, 0.29) is 12.1 Å². The van der Waals surface area contributed by atoms with Gasteiger partial charge in [0.1, 0.15) is 5.56 Å². The number of aromatic amines is 1. The van der Waals surface area contributed by atoms with Crippen molar-refractivity contribution in [2.24, 2.45) is 0 Å². The van der Waals surface area contributed by atoms with Gasteiger partial charge in [0.05, 0.1) is 6.20 Å². The first kappa shape index (κ1) is 15.3. The Morgan fingerprint density at radius 2 is 2.20 bits per heavy atom. The third-order valence-corrected chi connectivity index (χ3v) is 5.30. The van der Waals surface area contributed by atoms with Gasteiger partial charge in [-0.15, -0.1) is 0 Å². The molecule has 0 bridgehead atoms. The molecule has 20 heavy (non-hydrogen) atoms. The van der Waals surface area contributed by atoms with Crippen molar-refractivity contribution in [3.8, 4) is 0 Å². The van der Waals surface area contributed by atoms with Gasteiger partial charge >= 0.3 is 5.97 Å². The van der Waals surface area contributed by atoms with Crippen molar-refractivity contribution in [3.05, 3.63) is 11.8 Å². The normalized spacial score (nSPS) is 17.2. The standard InChI is InChI=1S/C10H16N4O4S2/c15-10(16)8-7-11-13-9(8)20(17,18)12-1-2-14-3-5-19-6-4-14/h7,12H,1-6H2,(H,11,13)(H,15,16). The fraction of sp³-hybridized carbons (Fsp3) is 0.600. The Labute approximate surface area is 121 Å². The number of nitrogens with one attached hydrogen (secondary N) is 2. The van der Waals surface area contributed by atoms with Crippen molar-refractivity contribution < 1.29 is 18.3 Å². The van der Waals surface area contributed by atoms with E-state index in [1.54, 1.807) is 0 Å². The summed E-state index contributed by atoms with van der Waals surface area (Å²) in [7, 11) is -3.87. The number of thioether (sulfide) groups is 1. The highest BCUT2D eigenvalue weighted by atomic mass is 32.2. The van der Waals surface area contributed by atoms with E-state index in [1.165, 1.54) is 0 Å². The minimum atomic E-state index is -3.87. The highest BCUT2D eigenvalue weighted by Gasteiger charge is 2.24. The molecule has 0 aliphatic carbocycles. The topological polar surface area (TPSA) is 115 Å². The number of H-pyrrole nitrogens is 1. The molecule has 1 aliphatic heterocycles. The molecule has 0 amide bonds. The van der Waals surface area contributed by atoms with Gasteiger partial charge in [-0.25, -0.2) is 17.9 Å². The molecular formula is C10H16N4O4S2. The zero-order valence-electron chi connectivity index (χ0n) is 10.7. The first-order valence-corrected chi connectivity index (χ1v) is 8.71. The van der Waals surface area contributed by atoms with Gasteiger partial charge < -0.3 is 10.0 Å². The van der Waals surface area contributed by atoms with Crippen LogP contribution < -0.4 is 4.72 Å². The summed E-state index contributed by atoms with van der Waals surface area (Å²) in [5, 5.41) is 14.2. The lowest BCUT2D eigenvalue weighted by atomic mass is 10.4. The summed E-state index contributed by atoms with van der Waals surface area (Å²) in [5.74, 6) is 0.777. The van der Waals surface area contributed by atoms with Crippen LogP contribution in [0.4, 0.5) is 0 Å². The number of hydrogen-bond donors (Lipinski definition) is 3. The molecule has 0 saturated carbocycles. The van der Waals surface area contributed by atoms with Crippen molar-refractivity contribution in [1.29, 1.82) is 0 Å². The number of hydrogen-bond acceptors (Lipinski definition) is 6. The largest absolute Gasteiger partial charge is 0.478 e. The molecule has 10 heteroatoms. The second kappa shape index (κ2) is 6.57. The molecule has 0 atom stereocenters. The number of sulfonamides is 1. The monoisotopic (exact) mass is 320 g/mol. The Bertz CT molecular complexity index is 566. The predicted octanol–water partition coefficient (Wildman–Crippen LogP) is -0.565. The summed E-state index contributed by atoms with van der Waals surface area (Å²) in [6, 6.07) is 0. The average Bonchev–Trinajstić information content (AvgIpc) is 2.90. The van der Waals surface area contributed by atoms with Crippen LogP contribution >= 0.6 is 11.8 Å². The van der Waals surface area contributed by atoms with Gasteiger partial charge in [-0.05, 0) is 0 Å². The van der Waals surface area contributed by atoms with Crippen LogP contribution in [0, 0.1) is 0 Å². The summed E-state index contributed by atoms with van der Waals surface area (Å²) >= 11 is 1.88. The lowest BCUT2D eigenvalue weighted by Crippen LogP contribution is -2.39. The number of nitrogens with zero attached hydrogens (tertiary/aromatic N) is 2. The van der Waals surface area contributed by atoms with E-state index in [0.717, 1.165) is 30.8 Å². The zero-order valence-corrected chi connectivity index (χ0v) is 12.3. The Kier molecular flexibility index (Phi) is 5.02. The Morgan fingerprint density at radius 3 is 2.85 bits per heavy atom. The highest BCUT2D eigenvalue weighted by Crippen LogP contribution is 2.12. The maximum absolute atomic E-state index is 12.0. The van der Waals surface area contributed by atoms with Crippen LogP contribution in [0.3, 0.4) is 0 Å². The van der Waals surface area contributed by atoms with E-state index in [2.05, 4.69) is 19.8 Å². The molecule has 2 heterocycles. The minimum Gasteiger partial charge on any atom is -0.478 e. The van der Waals surface area contributed by atoms with Gasteiger partial charge in [-0.2, -0.15) is 16.9 Å². The van der Waals surface area contributed by atoms with Crippen LogP contribution in [0.2, 0.25) is 0 Å². The van der Waals surface area contributed by atoms with Crippen molar-refractivity contribution in [2.45, 2.75) is 5.03 Å². The van der Waals surface area contributed by atoms with Crippen molar-refractivity contribution >= 4 is 27.8 Å². The smallest absolute Gasteiger partial charge is 0.340 e. The average molecular weight is 320 g/mol. The third-order valence-electron chi connectivity index (χ3n) is 2.93. The molecule has 1 fully saturated rings. The highest BCUT2D eigenvalue weighted by molar-refractivity contribution is 7.99. The maximum atomic E-state index is 12.0. The van der Waals surface area contributed by atoms with Crippen molar-refractivity contribution in [2.75, 3.05) is 37.7 Å². The van der Waals surface area contributed by atoms with Crippen LogP contribution in [-0.2, 0) is 10.0 Å². The quantitative estimate of drug-likeness (QED) is 0.643. The number of carboxylic acids is 1. The number of carboxylic acid groups (broad SMARTS) is 1. The van der Waals surface area contributed by atoms with E-state index in [0.29, 0.717) is 6.54 Å². The van der Waals surface area contributed by atoms with Crippen LogP contribution in [0.25, 0.3) is 0 Å². The van der Waals surface area contributed by atoms with Gasteiger partial charge in [0.2, 0.25) is 0 Å². The molecule has 0 radical (unpaired) electrons. The molecule has 1 aliphatic rings. The molecule has 2 rings (SSSR count). The van der Waals surface area contributed by atoms with E-state index < -0.39 is 21.0 Å². The lowest BCUT2D eigenvalue weighted by molar-refractivity contribution is 0.0692. The van der Waals surface area contributed by atoms with Gasteiger partial charge in [0.15, 0.2) is 5.03 Å². The summed E-state index contributed by atoms with van der Waals surface area (Å²) in [6.07, 6.45) is 0.985. The van der Waals surface area contributed by atoms with Crippen LogP contribution in [0.15, 0.2) is 11.2 Å². The van der Waals surface area contributed by atoms with Crippen LogP contribution in [0.5, 0.6) is 0 Å². The SMILES string of the molecule is O=C(O)c1cn[nH]c1S(=O)(=O)NCCN1CCSCC1. The fourth-order valence-corrected chi connectivity index (χ4v) is 3.95. The molecule has 0 unspecified atom stereocenters. The van der Waals surface area contributed by atoms with Gasteiger partial charge in [0, 0.05) is 37.7 Å². The molecule has 3 N–H and O–H groups in total. The van der Waals surface area contributed by atoms with Crippen molar-refractivity contribution in [3.63, 3.8) is 0 Å². The van der Waals surface area contributed by atoms with E-state index in [9.17, 15) is 13.2 Å². The third kappa shape index (κ3) is 3.72. The Morgan fingerprint density at radius 1 is 1.50 bits per heavy atom. The van der Waals surface area contributed by atoms with E-state index in [1.807, 2.05) is 11.8 Å². The first-order valence-electron chi connectivity index (χ1n) is 6.07. The number of rotatable bonds is 6. The summed E-state index contributed by atoms with van der Waals surface area (Å²) < 4.78 is 26.4. The summed E-state index contributed by atoms with van der Waals surface area (Å²) in [5.41, 5.74) is -0.355. The second-order valence-electron chi connectivity index (χ2n) is 4.27. The molecule has 8 nitrogen and oxygen atoms in total. The van der Waals surface area contributed by atoms with E-state index >= 15 is 0 Å². The Hall–Kier alpha value is -1.10. The van der Waals surface area contributed by atoms with Gasteiger partial charge in [-0.1, -0.05) is 0 Å². The molecule has 1 aromatic heterocycles. The van der Waals surface area contributed by atoms with E-state index in [4.69, 9.17) is 5.11 Å². The molecular weight excluding hydrogens is 304 g/mol. The molecule has 0 spiro atoms. The van der Waals surface area contributed by atoms with Gasteiger partial charge in [0.25, 0.3) is 10.0 Å². The fourth-order valence-electron chi connectivity index (χ4n) is 1.87. The predicted molar refractivity (Wildman–Crippen MR) is 74.5 cm³/mol. The van der Waals surface area contributed by atoms with Crippen LogP contribution in [0.1, 0.15) is 10.4 Å². The minimum absolute atomic E-state index is 0.241.